The largest absolute Gasteiger partial charge is 0.383 e. The van der Waals surface area contributed by atoms with Gasteiger partial charge in [-0.15, -0.1) is 0 Å². The molecular formula is C13H23N3O3S. The highest BCUT2D eigenvalue weighted by atomic mass is 32.2. The van der Waals surface area contributed by atoms with Crippen molar-refractivity contribution < 1.29 is 13.2 Å². The molecule has 0 amide bonds. The van der Waals surface area contributed by atoms with Crippen LogP contribution >= 0.6 is 0 Å². The first-order chi connectivity index (χ1) is 9.47. The zero-order valence-electron chi connectivity index (χ0n) is 12.5. The lowest BCUT2D eigenvalue weighted by molar-refractivity contribution is 0.142. The van der Waals surface area contributed by atoms with Gasteiger partial charge in [0.1, 0.15) is 10.7 Å². The summed E-state index contributed by atoms with van der Waals surface area (Å²) in [7, 11) is -1.98. The molecule has 0 aliphatic carbocycles. The lowest BCUT2D eigenvalue weighted by Crippen LogP contribution is -2.40. The molecule has 6 nitrogen and oxygen atoms in total. The minimum atomic E-state index is -3.54. The summed E-state index contributed by atoms with van der Waals surface area (Å²) in [6.45, 7) is 7.08. The number of hydrogen-bond acceptors (Lipinski definition) is 5. The smallest absolute Gasteiger partial charge is 0.244 e. The highest BCUT2D eigenvalue weighted by molar-refractivity contribution is 7.89. The molecule has 1 unspecified atom stereocenters. The molecule has 0 saturated heterocycles. The van der Waals surface area contributed by atoms with Crippen LogP contribution < -0.4 is 5.32 Å². The van der Waals surface area contributed by atoms with Crippen LogP contribution in [0.5, 0.6) is 0 Å². The van der Waals surface area contributed by atoms with E-state index in [1.54, 1.807) is 19.2 Å². The van der Waals surface area contributed by atoms with Crippen molar-refractivity contribution in [3.8, 4) is 0 Å². The third kappa shape index (κ3) is 3.91. The van der Waals surface area contributed by atoms with Crippen molar-refractivity contribution in [2.24, 2.45) is 0 Å². The molecular weight excluding hydrogens is 278 g/mol. The highest BCUT2D eigenvalue weighted by Crippen LogP contribution is 2.18. The van der Waals surface area contributed by atoms with Crippen molar-refractivity contribution in [1.82, 2.24) is 9.29 Å². The maximum Gasteiger partial charge on any atom is 0.244 e. The van der Waals surface area contributed by atoms with Crippen LogP contribution in [0.15, 0.2) is 23.2 Å². The lowest BCUT2D eigenvalue weighted by Gasteiger charge is -2.26. The van der Waals surface area contributed by atoms with Gasteiger partial charge in [-0.1, -0.05) is 6.92 Å². The van der Waals surface area contributed by atoms with Crippen LogP contribution in [0.4, 0.5) is 5.82 Å². The molecule has 0 aliphatic rings. The fourth-order valence-corrected chi connectivity index (χ4v) is 3.57. The molecule has 0 bridgehead atoms. The third-order valence-corrected chi connectivity index (χ3v) is 4.98. The van der Waals surface area contributed by atoms with E-state index in [1.807, 2.05) is 20.8 Å². The molecule has 0 fully saturated rings. The molecule has 1 rings (SSSR count). The van der Waals surface area contributed by atoms with E-state index in [2.05, 4.69) is 10.3 Å². The normalized spacial score (nSPS) is 13.4. The number of rotatable bonds is 8. The van der Waals surface area contributed by atoms with E-state index in [1.165, 1.54) is 10.5 Å². The predicted molar refractivity (Wildman–Crippen MR) is 79.3 cm³/mol. The van der Waals surface area contributed by atoms with Gasteiger partial charge in [-0.3, -0.25) is 0 Å². The Bertz CT molecular complexity index is 502. The van der Waals surface area contributed by atoms with Gasteiger partial charge in [-0.05, 0) is 26.0 Å². The van der Waals surface area contributed by atoms with E-state index >= 15 is 0 Å². The summed E-state index contributed by atoms with van der Waals surface area (Å²) < 4.78 is 31.6. The van der Waals surface area contributed by atoms with Crippen molar-refractivity contribution in [2.75, 3.05) is 32.1 Å². The van der Waals surface area contributed by atoms with Gasteiger partial charge in [0.2, 0.25) is 10.0 Å². The minimum Gasteiger partial charge on any atom is -0.383 e. The number of aromatic nitrogens is 1. The molecule has 0 radical (unpaired) electrons. The monoisotopic (exact) mass is 301 g/mol. The Kier molecular flexibility index (Phi) is 6.38. The number of anilines is 1. The first kappa shape index (κ1) is 16.9. The maximum atomic E-state index is 12.6. The van der Waals surface area contributed by atoms with E-state index in [0.29, 0.717) is 19.0 Å². The maximum absolute atomic E-state index is 12.6. The molecule has 7 heteroatoms. The second-order valence-corrected chi connectivity index (χ2v) is 6.31. The Morgan fingerprint density at radius 3 is 2.55 bits per heavy atom. The molecule has 0 spiro atoms. The summed E-state index contributed by atoms with van der Waals surface area (Å²) in [5.74, 6) is 0.666. The third-order valence-electron chi connectivity index (χ3n) is 2.91. The Morgan fingerprint density at radius 2 is 2.10 bits per heavy atom. The van der Waals surface area contributed by atoms with Crippen LogP contribution in [0, 0.1) is 0 Å². The molecule has 0 saturated carbocycles. The zero-order valence-corrected chi connectivity index (χ0v) is 13.3. The fraction of sp³-hybridized carbons (Fsp3) is 0.615. The Morgan fingerprint density at radius 1 is 1.40 bits per heavy atom. The lowest BCUT2D eigenvalue weighted by atomic mass is 10.4. The SMILES string of the molecule is CCNc1ccc(S(=O)(=O)N(CC)C(C)COC)cn1. The van der Waals surface area contributed by atoms with E-state index in [0.717, 1.165) is 6.54 Å². The van der Waals surface area contributed by atoms with Gasteiger partial charge in [0.15, 0.2) is 0 Å². The average molecular weight is 301 g/mol. The molecule has 0 aliphatic heterocycles. The zero-order chi connectivity index (χ0) is 15.2. The van der Waals surface area contributed by atoms with Crippen LogP contribution in [0.1, 0.15) is 20.8 Å². The number of methoxy groups -OCH3 is 1. The van der Waals surface area contributed by atoms with E-state index in [-0.39, 0.29) is 10.9 Å². The summed E-state index contributed by atoms with van der Waals surface area (Å²) in [6, 6.07) is 3.02. The topological polar surface area (TPSA) is 71.5 Å². The summed E-state index contributed by atoms with van der Waals surface area (Å²) >= 11 is 0. The molecule has 1 atom stereocenters. The van der Waals surface area contributed by atoms with Gasteiger partial charge >= 0.3 is 0 Å². The molecule has 1 aromatic heterocycles. The Hall–Kier alpha value is -1.18. The van der Waals surface area contributed by atoms with E-state index in [4.69, 9.17) is 4.74 Å². The van der Waals surface area contributed by atoms with Gasteiger partial charge in [-0.2, -0.15) is 4.31 Å². The van der Waals surface area contributed by atoms with Crippen LogP contribution in [0.2, 0.25) is 0 Å². The summed E-state index contributed by atoms with van der Waals surface area (Å²) in [5.41, 5.74) is 0. The van der Waals surface area contributed by atoms with Crippen molar-refractivity contribution in [2.45, 2.75) is 31.7 Å². The number of pyridine rings is 1. The average Bonchev–Trinajstić information content (AvgIpc) is 2.40. The first-order valence-electron chi connectivity index (χ1n) is 6.68. The predicted octanol–water partition coefficient (Wildman–Crippen LogP) is 1.56. The summed E-state index contributed by atoms with van der Waals surface area (Å²) in [5, 5.41) is 3.03. The van der Waals surface area contributed by atoms with Crippen LogP contribution in [0.25, 0.3) is 0 Å². The molecule has 1 N–H and O–H groups in total. The molecule has 1 heterocycles. The van der Waals surface area contributed by atoms with Crippen LogP contribution in [-0.2, 0) is 14.8 Å². The first-order valence-corrected chi connectivity index (χ1v) is 8.12. The van der Waals surface area contributed by atoms with Gasteiger partial charge in [0, 0.05) is 32.4 Å². The number of nitrogens with one attached hydrogen (secondary N) is 1. The quantitative estimate of drug-likeness (QED) is 0.789. The number of ether oxygens (including phenoxy) is 1. The molecule has 0 aromatic carbocycles. The van der Waals surface area contributed by atoms with Crippen molar-refractivity contribution >= 4 is 15.8 Å². The molecule has 1 aromatic rings. The Balaban J connectivity index is 3.01. The van der Waals surface area contributed by atoms with Gasteiger partial charge in [0.25, 0.3) is 0 Å². The van der Waals surface area contributed by atoms with Crippen molar-refractivity contribution in [1.29, 1.82) is 0 Å². The number of sulfonamides is 1. The minimum absolute atomic E-state index is 0.198. The summed E-state index contributed by atoms with van der Waals surface area (Å²) in [6.07, 6.45) is 1.38. The van der Waals surface area contributed by atoms with Gasteiger partial charge in [-0.25, -0.2) is 13.4 Å². The number of nitrogens with zero attached hydrogens (tertiary/aromatic N) is 2. The van der Waals surface area contributed by atoms with Crippen molar-refractivity contribution in [3.63, 3.8) is 0 Å². The van der Waals surface area contributed by atoms with Crippen molar-refractivity contribution in [3.05, 3.63) is 18.3 Å². The second-order valence-electron chi connectivity index (χ2n) is 4.42. The summed E-state index contributed by atoms with van der Waals surface area (Å²) in [4.78, 5) is 4.31. The van der Waals surface area contributed by atoms with Gasteiger partial charge < -0.3 is 10.1 Å². The highest BCUT2D eigenvalue weighted by Gasteiger charge is 2.27. The number of likely N-dealkylation sites (N-methyl/N-ethyl adjacent to an activating group) is 1. The Labute approximate surface area is 121 Å². The van der Waals surface area contributed by atoms with Gasteiger partial charge in [0.05, 0.1) is 6.61 Å². The fourth-order valence-electron chi connectivity index (χ4n) is 2.00. The van der Waals surface area contributed by atoms with E-state index in [9.17, 15) is 8.42 Å². The molecule has 20 heavy (non-hydrogen) atoms. The molecule has 114 valence electrons. The van der Waals surface area contributed by atoms with Crippen LogP contribution in [-0.4, -0.2) is 50.6 Å². The second kappa shape index (κ2) is 7.56. The standard InChI is InChI=1S/C13H23N3O3S/c1-5-14-13-8-7-12(9-15-13)20(17,18)16(6-2)11(3)10-19-4/h7-9,11H,5-6,10H2,1-4H3,(H,14,15). The van der Waals surface area contributed by atoms with E-state index < -0.39 is 10.0 Å². The number of hydrogen-bond donors (Lipinski definition) is 1. The van der Waals surface area contributed by atoms with Crippen LogP contribution in [0.3, 0.4) is 0 Å².